The van der Waals surface area contributed by atoms with E-state index in [1.54, 1.807) is 18.2 Å². The van der Waals surface area contributed by atoms with Gasteiger partial charge >= 0.3 is 0 Å². The number of carbonyl (C=O) groups excluding carboxylic acids is 2. The molecule has 0 spiro atoms. The summed E-state index contributed by atoms with van der Waals surface area (Å²) in [6.07, 6.45) is 10.4. The molecule has 2 amide bonds. The van der Waals surface area contributed by atoms with Gasteiger partial charge in [0.1, 0.15) is 0 Å². The number of benzene rings is 1. The number of nitro benzene ring substituents is 1. The third kappa shape index (κ3) is 3.93. The fraction of sp³-hybridized carbons (Fsp3) is 0.524. The molecule has 0 aromatic heterocycles. The Labute approximate surface area is 163 Å². The minimum absolute atomic E-state index is 0.0719. The Morgan fingerprint density at radius 1 is 1.07 bits per heavy atom. The van der Waals surface area contributed by atoms with Gasteiger partial charge in [-0.3, -0.25) is 30.6 Å². The summed E-state index contributed by atoms with van der Waals surface area (Å²) < 4.78 is 0. The highest BCUT2D eigenvalue weighted by Gasteiger charge is 2.51. The van der Waals surface area contributed by atoms with Crippen LogP contribution in [-0.2, 0) is 9.59 Å². The lowest BCUT2D eigenvalue weighted by molar-refractivity contribution is -0.385. The zero-order valence-electron chi connectivity index (χ0n) is 15.7. The molecule has 0 saturated heterocycles. The minimum Gasteiger partial charge on any atom is -0.273 e. The van der Waals surface area contributed by atoms with Crippen LogP contribution in [0, 0.1) is 33.3 Å². The van der Waals surface area contributed by atoms with E-state index in [2.05, 4.69) is 10.9 Å². The van der Waals surface area contributed by atoms with Crippen molar-refractivity contribution in [1.82, 2.24) is 10.9 Å². The number of amides is 2. The van der Waals surface area contributed by atoms with E-state index in [-0.39, 0.29) is 17.0 Å². The van der Waals surface area contributed by atoms with Gasteiger partial charge in [0.05, 0.1) is 10.5 Å². The first-order chi connectivity index (χ1) is 13.4. The van der Waals surface area contributed by atoms with Gasteiger partial charge in [-0.2, -0.15) is 0 Å². The molecule has 1 aromatic carbocycles. The van der Waals surface area contributed by atoms with Crippen LogP contribution >= 0.6 is 0 Å². The number of hydrazine groups is 1. The Balaban J connectivity index is 1.29. The van der Waals surface area contributed by atoms with Crippen molar-refractivity contribution in [2.45, 2.75) is 44.9 Å². The van der Waals surface area contributed by atoms with E-state index in [0.29, 0.717) is 12.0 Å². The van der Waals surface area contributed by atoms with E-state index >= 15 is 0 Å². The number of carbonyl (C=O) groups is 2. The Kier molecular flexibility index (Phi) is 4.91. The molecule has 4 saturated carbocycles. The van der Waals surface area contributed by atoms with E-state index in [1.165, 1.54) is 37.5 Å². The zero-order chi connectivity index (χ0) is 19.7. The van der Waals surface area contributed by atoms with Crippen molar-refractivity contribution in [1.29, 1.82) is 0 Å². The number of hydrogen-bond acceptors (Lipinski definition) is 4. The summed E-state index contributed by atoms with van der Waals surface area (Å²) in [6, 6.07) is 6.18. The summed E-state index contributed by atoms with van der Waals surface area (Å²) in [7, 11) is 0. The predicted molar refractivity (Wildman–Crippen MR) is 104 cm³/mol. The van der Waals surface area contributed by atoms with Gasteiger partial charge in [0.15, 0.2) is 0 Å². The molecule has 7 heteroatoms. The molecule has 0 aliphatic heterocycles. The van der Waals surface area contributed by atoms with Crippen LogP contribution in [0.3, 0.4) is 0 Å². The van der Waals surface area contributed by atoms with Crippen molar-refractivity contribution in [3.63, 3.8) is 0 Å². The molecule has 0 heterocycles. The molecule has 0 unspecified atom stereocenters. The number of para-hydroxylation sites is 1. The molecular weight excluding hydrogens is 358 g/mol. The van der Waals surface area contributed by atoms with Crippen LogP contribution in [0.2, 0.25) is 0 Å². The maximum atomic E-state index is 12.4. The van der Waals surface area contributed by atoms with Crippen molar-refractivity contribution >= 4 is 23.6 Å². The Morgan fingerprint density at radius 2 is 1.68 bits per heavy atom. The second kappa shape index (κ2) is 7.37. The molecule has 5 rings (SSSR count). The molecule has 1 aromatic rings. The first-order valence-electron chi connectivity index (χ1n) is 9.93. The molecule has 4 bridgehead atoms. The van der Waals surface area contributed by atoms with Gasteiger partial charge < -0.3 is 0 Å². The van der Waals surface area contributed by atoms with Gasteiger partial charge in [-0.25, -0.2) is 0 Å². The van der Waals surface area contributed by atoms with Crippen LogP contribution < -0.4 is 10.9 Å². The molecule has 2 N–H and O–H groups in total. The van der Waals surface area contributed by atoms with Crippen LogP contribution in [-0.4, -0.2) is 16.7 Å². The maximum absolute atomic E-state index is 12.4. The van der Waals surface area contributed by atoms with Crippen LogP contribution in [0.5, 0.6) is 0 Å². The van der Waals surface area contributed by atoms with Crippen molar-refractivity contribution in [3.8, 4) is 0 Å². The molecule has 7 nitrogen and oxygen atoms in total. The quantitative estimate of drug-likeness (QED) is 0.462. The van der Waals surface area contributed by atoms with Gasteiger partial charge in [0, 0.05) is 18.6 Å². The third-order valence-electron chi connectivity index (χ3n) is 6.57. The molecule has 4 aliphatic rings. The largest absolute Gasteiger partial charge is 0.276 e. The second-order valence-corrected chi connectivity index (χ2v) is 8.78. The molecule has 4 aliphatic carbocycles. The third-order valence-corrected chi connectivity index (χ3v) is 6.57. The fourth-order valence-corrected chi connectivity index (χ4v) is 6.02. The SMILES string of the molecule is O=C(/C=C/c1ccccc1[N+](=O)[O-])NNC(=O)CC12CC3CC(CC(C3)C1)C2. The molecule has 4 fully saturated rings. The Bertz CT molecular complexity index is 797. The first kappa shape index (κ1) is 18.7. The standard InChI is InChI=1S/C21H25N3O4/c25-19(6-5-17-3-1-2-4-18(17)24(27)28)22-23-20(26)13-21-10-14-7-15(11-21)9-16(8-14)12-21/h1-6,14-16H,7-13H2,(H,22,25)(H,23,26)/b6-5+. The molecule has 148 valence electrons. The van der Waals surface area contributed by atoms with Crippen LogP contribution in [0.15, 0.2) is 30.3 Å². The van der Waals surface area contributed by atoms with Gasteiger partial charge in [-0.05, 0) is 73.8 Å². The summed E-state index contributed by atoms with van der Waals surface area (Å²) >= 11 is 0. The average molecular weight is 383 g/mol. The number of rotatable bonds is 5. The van der Waals surface area contributed by atoms with Crippen LogP contribution in [0.4, 0.5) is 5.69 Å². The number of nitro groups is 1. The topological polar surface area (TPSA) is 101 Å². The summed E-state index contributed by atoms with van der Waals surface area (Å²) in [6.45, 7) is 0. The molecular formula is C21H25N3O4. The van der Waals surface area contributed by atoms with Crippen LogP contribution in [0.25, 0.3) is 6.08 Å². The van der Waals surface area contributed by atoms with Crippen LogP contribution in [0.1, 0.15) is 50.5 Å². The van der Waals surface area contributed by atoms with E-state index in [1.807, 2.05) is 0 Å². The summed E-state index contributed by atoms with van der Waals surface area (Å²) in [5, 5.41) is 11.0. The minimum atomic E-state index is -0.517. The Morgan fingerprint density at radius 3 is 2.29 bits per heavy atom. The van der Waals surface area contributed by atoms with Gasteiger partial charge in [0.2, 0.25) is 5.91 Å². The molecule has 0 radical (unpaired) electrons. The lowest BCUT2D eigenvalue weighted by Crippen LogP contribution is -2.49. The first-order valence-corrected chi connectivity index (χ1v) is 9.93. The Hall–Kier alpha value is -2.70. The number of nitrogens with zero attached hydrogens (tertiary/aromatic N) is 1. The van der Waals surface area contributed by atoms with Crippen molar-refractivity contribution in [3.05, 3.63) is 46.0 Å². The lowest BCUT2D eigenvalue weighted by Gasteiger charge is -2.56. The summed E-state index contributed by atoms with van der Waals surface area (Å²) in [4.78, 5) is 34.9. The number of nitrogens with one attached hydrogen (secondary N) is 2. The maximum Gasteiger partial charge on any atom is 0.276 e. The van der Waals surface area contributed by atoms with E-state index in [0.717, 1.165) is 37.0 Å². The van der Waals surface area contributed by atoms with Gasteiger partial charge in [-0.1, -0.05) is 12.1 Å². The molecule has 0 atom stereocenters. The van der Waals surface area contributed by atoms with Crippen molar-refractivity contribution < 1.29 is 14.5 Å². The van der Waals surface area contributed by atoms with E-state index < -0.39 is 10.8 Å². The smallest absolute Gasteiger partial charge is 0.273 e. The lowest BCUT2D eigenvalue weighted by atomic mass is 9.49. The highest BCUT2D eigenvalue weighted by Crippen LogP contribution is 2.61. The van der Waals surface area contributed by atoms with Crippen molar-refractivity contribution in [2.75, 3.05) is 0 Å². The van der Waals surface area contributed by atoms with Crippen molar-refractivity contribution in [2.24, 2.45) is 23.2 Å². The number of hydrogen-bond donors (Lipinski definition) is 2. The monoisotopic (exact) mass is 383 g/mol. The highest BCUT2D eigenvalue weighted by atomic mass is 16.6. The van der Waals surface area contributed by atoms with Gasteiger partial charge in [0.25, 0.3) is 11.6 Å². The summed E-state index contributed by atoms with van der Waals surface area (Å²) in [5.41, 5.74) is 5.28. The highest BCUT2D eigenvalue weighted by molar-refractivity contribution is 5.93. The predicted octanol–water partition coefficient (Wildman–Crippen LogP) is 3.36. The van der Waals surface area contributed by atoms with Gasteiger partial charge in [-0.15, -0.1) is 0 Å². The zero-order valence-corrected chi connectivity index (χ0v) is 15.7. The normalized spacial score (nSPS) is 30.4. The van der Waals surface area contributed by atoms with E-state index in [9.17, 15) is 19.7 Å². The average Bonchev–Trinajstić information content (AvgIpc) is 2.63. The summed E-state index contributed by atoms with van der Waals surface area (Å²) in [5.74, 6) is 1.65. The second-order valence-electron chi connectivity index (χ2n) is 8.78. The van der Waals surface area contributed by atoms with E-state index in [4.69, 9.17) is 0 Å². The molecule has 28 heavy (non-hydrogen) atoms. The fourth-order valence-electron chi connectivity index (χ4n) is 6.02.